The van der Waals surface area contributed by atoms with Crippen LogP contribution in [0.25, 0.3) is 11.4 Å². The summed E-state index contributed by atoms with van der Waals surface area (Å²) in [6.07, 6.45) is 3.61. The number of carboxylic acids is 1. The smallest absolute Gasteiger partial charge is 0.377 e. The summed E-state index contributed by atoms with van der Waals surface area (Å²) in [7, 11) is 0. The van der Waals surface area contributed by atoms with Gasteiger partial charge in [-0.05, 0) is 73.5 Å². The van der Waals surface area contributed by atoms with Crippen LogP contribution in [0.15, 0.2) is 47.3 Å². The number of benzene rings is 2. The van der Waals surface area contributed by atoms with E-state index in [4.69, 9.17) is 4.74 Å². The standard InChI is InChI=1S/C28H27F2N7O6/c1-3-43-26(40)22-14-16(2)35(31-22)23-13-12-18(15-19(23)25(38)39)34(17-8-5-4-6-9-17)27(41)37-28(42)36(32-33-37)24-20(29)10-7-11-21(24)30/h7,10-15,17H,3-6,8-9H2,1-2H3,(H,38,39). The molecule has 0 unspecified atom stereocenters. The topological polar surface area (TPSA) is 154 Å². The largest absolute Gasteiger partial charge is 0.478 e. The van der Waals surface area contributed by atoms with Gasteiger partial charge in [-0.3, -0.25) is 4.90 Å². The lowest BCUT2D eigenvalue weighted by atomic mass is 9.93. The van der Waals surface area contributed by atoms with E-state index in [1.165, 1.54) is 33.8 Å². The molecule has 224 valence electrons. The molecule has 15 heteroatoms. The SMILES string of the molecule is CCOC(=O)c1cc(C)n(-c2ccc(N(C(=O)n3nnn(-c4c(F)cccc4F)c3=O)C3CCCCC3)cc2C(=O)O)n1. The van der Waals surface area contributed by atoms with Crippen molar-refractivity contribution in [1.29, 1.82) is 0 Å². The molecule has 2 aromatic heterocycles. The van der Waals surface area contributed by atoms with Crippen molar-refractivity contribution in [3.05, 3.63) is 81.5 Å². The molecule has 0 saturated heterocycles. The van der Waals surface area contributed by atoms with Crippen molar-refractivity contribution in [1.82, 2.24) is 29.6 Å². The second kappa shape index (κ2) is 12.0. The number of anilines is 1. The summed E-state index contributed by atoms with van der Waals surface area (Å²) in [6, 6.07) is 7.24. The molecular formula is C28H27F2N7O6. The Morgan fingerprint density at radius 1 is 1.02 bits per heavy atom. The number of rotatable bonds is 7. The van der Waals surface area contributed by atoms with E-state index >= 15 is 0 Å². The third-order valence-corrected chi connectivity index (χ3v) is 7.15. The molecule has 5 rings (SSSR count). The van der Waals surface area contributed by atoms with Crippen LogP contribution in [0.2, 0.25) is 0 Å². The van der Waals surface area contributed by atoms with Crippen LogP contribution in [0.4, 0.5) is 19.3 Å². The van der Waals surface area contributed by atoms with Gasteiger partial charge in [0, 0.05) is 17.4 Å². The van der Waals surface area contributed by atoms with Gasteiger partial charge in [-0.1, -0.05) is 25.3 Å². The van der Waals surface area contributed by atoms with Gasteiger partial charge in [-0.15, -0.1) is 4.68 Å². The number of carbonyl (C=O) groups excluding carboxylic acids is 2. The first-order valence-corrected chi connectivity index (χ1v) is 13.6. The number of aromatic carboxylic acids is 1. The minimum absolute atomic E-state index is 0.00692. The average molecular weight is 596 g/mol. The predicted molar refractivity (Wildman–Crippen MR) is 147 cm³/mol. The number of esters is 1. The number of hydrogen-bond donors (Lipinski definition) is 1. The zero-order valence-corrected chi connectivity index (χ0v) is 23.2. The van der Waals surface area contributed by atoms with Gasteiger partial charge in [-0.2, -0.15) is 9.78 Å². The molecule has 1 aliphatic carbocycles. The molecule has 4 aromatic rings. The van der Waals surface area contributed by atoms with Crippen molar-refractivity contribution in [3.63, 3.8) is 0 Å². The van der Waals surface area contributed by atoms with Gasteiger partial charge in [-0.25, -0.2) is 32.6 Å². The average Bonchev–Trinajstić information content (AvgIpc) is 3.56. The summed E-state index contributed by atoms with van der Waals surface area (Å²) in [4.78, 5) is 52.9. The van der Waals surface area contributed by atoms with E-state index in [1.54, 1.807) is 13.8 Å². The lowest BCUT2D eigenvalue weighted by Crippen LogP contribution is -2.47. The number of carboxylic acid groups (broad SMARTS) is 1. The molecule has 0 aliphatic heterocycles. The molecule has 0 bridgehead atoms. The first kappa shape index (κ1) is 29.3. The summed E-state index contributed by atoms with van der Waals surface area (Å²) in [5.74, 6) is -4.15. The second-order valence-corrected chi connectivity index (χ2v) is 9.91. The van der Waals surface area contributed by atoms with Gasteiger partial charge in [0.1, 0.15) is 5.69 Å². The third-order valence-electron chi connectivity index (χ3n) is 7.15. The summed E-state index contributed by atoms with van der Waals surface area (Å²) >= 11 is 0. The molecule has 1 aliphatic rings. The minimum Gasteiger partial charge on any atom is -0.478 e. The molecule has 0 spiro atoms. The van der Waals surface area contributed by atoms with Crippen LogP contribution in [-0.4, -0.2) is 65.3 Å². The molecule has 13 nitrogen and oxygen atoms in total. The highest BCUT2D eigenvalue weighted by atomic mass is 19.1. The van der Waals surface area contributed by atoms with E-state index in [0.29, 0.717) is 27.9 Å². The van der Waals surface area contributed by atoms with Gasteiger partial charge < -0.3 is 9.84 Å². The first-order valence-electron chi connectivity index (χ1n) is 13.6. The molecule has 1 fully saturated rings. The number of carbonyl (C=O) groups is 3. The number of halogens is 2. The summed E-state index contributed by atoms with van der Waals surface area (Å²) in [5, 5.41) is 21.5. The fraction of sp³-hybridized carbons (Fsp3) is 0.321. The van der Waals surface area contributed by atoms with Crippen LogP contribution in [0.5, 0.6) is 0 Å². The van der Waals surface area contributed by atoms with E-state index in [9.17, 15) is 33.1 Å². The highest BCUT2D eigenvalue weighted by Gasteiger charge is 2.32. The Morgan fingerprint density at radius 2 is 1.72 bits per heavy atom. The molecule has 2 aromatic carbocycles. The first-order chi connectivity index (χ1) is 20.6. The molecule has 0 atom stereocenters. The quantitative estimate of drug-likeness (QED) is 0.248. The van der Waals surface area contributed by atoms with Crippen molar-refractivity contribution in [2.45, 2.75) is 52.0 Å². The number of hydrogen-bond acceptors (Lipinski definition) is 8. The van der Waals surface area contributed by atoms with Gasteiger partial charge in [0.15, 0.2) is 17.3 Å². The molecule has 1 N–H and O–H groups in total. The van der Waals surface area contributed by atoms with Crippen molar-refractivity contribution >= 4 is 23.7 Å². The van der Waals surface area contributed by atoms with Gasteiger partial charge >= 0.3 is 23.7 Å². The zero-order chi connectivity index (χ0) is 30.8. The van der Waals surface area contributed by atoms with Crippen molar-refractivity contribution < 1.29 is 33.0 Å². The highest BCUT2D eigenvalue weighted by Crippen LogP contribution is 2.31. The molecule has 2 heterocycles. The van der Waals surface area contributed by atoms with E-state index < -0.39 is 47.0 Å². The maximum Gasteiger partial charge on any atom is 0.377 e. The van der Waals surface area contributed by atoms with Crippen LogP contribution < -0.4 is 10.6 Å². The Balaban J connectivity index is 1.59. The van der Waals surface area contributed by atoms with Crippen LogP contribution in [0.1, 0.15) is 65.6 Å². The Hall–Kier alpha value is -5.21. The van der Waals surface area contributed by atoms with E-state index in [0.717, 1.165) is 37.5 Å². The summed E-state index contributed by atoms with van der Waals surface area (Å²) in [5.41, 5.74) is -1.51. The van der Waals surface area contributed by atoms with Crippen LogP contribution in [0.3, 0.4) is 0 Å². The molecule has 1 amide bonds. The lowest BCUT2D eigenvalue weighted by Gasteiger charge is -2.34. The molecule has 1 saturated carbocycles. The lowest BCUT2D eigenvalue weighted by molar-refractivity contribution is 0.0518. The van der Waals surface area contributed by atoms with Crippen LogP contribution >= 0.6 is 0 Å². The molecule has 0 radical (unpaired) electrons. The number of para-hydroxylation sites is 1. The number of tetrazole rings is 1. The number of nitrogens with zero attached hydrogens (tertiary/aromatic N) is 7. The van der Waals surface area contributed by atoms with E-state index in [2.05, 4.69) is 15.5 Å². The van der Waals surface area contributed by atoms with E-state index in [1.807, 2.05) is 0 Å². The third kappa shape index (κ3) is 5.52. The summed E-state index contributed by atoms with van der Waals surface area (Å²) in [6.45, 7) is 3.42. The van der Waals surface area contributed by atoms with Crippen LogP contribution in [-0.2, 0) is 4.74 Å². The maximum absolute atomic E-state index is 14.4. The van der Waals surface area contributed by atoms with Crippen molar-refractivity contribution in [3.8, 4) is 11.4 Å². The monoisotopic (exact) mass is 595 g/mol. The summed E-state index contributed by atoms with van der Waals surface area (Å²) < 4.78 is 35.8. The fourth-order valence-electron chi connectivity index (χ4n) is 5.17. The Morgan fingerprint density at radius 3 is 2.37 bits per heavy atom. The normalized spacial score (nSPS) is 13.6. The van der Waals surface area contributed by atoms with Gasteiger partial charge in [0.05, 0.1) is 17.9 Å². The number of aromatic nitrogens is 6. The zero-order valence-electron chi connectivity index (χ0n) is 23.2. The Bertz CT molecular complexity index is 1750. The van der Waals surface area contributed by atoms with Gasteiger partial charge in [0.2, 0.25) is 0 Å². The minimum atomic E-state index is -1.33. The van der Waals surface area contributed by atoms with Crippen molar-refractivity contribution in [2.75, 3.05) is 11.5 Å². The van der Waals surface area contributed by atoms with E-state index in [-0.39, 0.29) is 29.2 Å². The molecular weight excluding hydrogens is 568 g/mol. The number of ether oxygens (including phenoxy) is 1. The van der Waals surface area contributed by atoms with Gasteiger partial charge in [0.25, 0.3) is 0 Å². The Labute approximate surface area is 242 Å². The fourth-order valence-corrected chi connectivity index (χ4v) is 5.17. The number of aryl methyl sites for hydroxylation is 1. The van der Waals surface area contributed by atoms with Crippen LogP contribution in [0, 0.1) is 18.6 Å². The maximum atomic E-state index is 14.4. The highest BCUT2D eigenvalue weighted by molar-refractivity contribution is 5.98. The number of amides is 1. The second-order valence-electron chi connectivity index (χ2n) is 9.91. The Kier molecular flexibility index (Phi) is 8.14. The predicted octanol–water partition coefficient (Wildman–Crippen LogP) is 3.88. The van der Waals surface area contributed by atoms with Crippen molar-refractivity contribution in [2.24, 2.45) is 0 Å². The molecule has 43 heavy (non-hydrogen) atoms.